The molecule has 1 aromatic carbocycles. The standard InChI is InChI=1S/C15H19F4NO/c1-3-20-13(14-9(2)6-7-21-14)10-4-5-12(16)11(8-10)15(17,18)19/h4-5,8-9,13-14,20H,3,6-7H2,1-2H3. The summed E-state index contributed by atoms with van der Waals surface area (Å²) in [4.78, 5) is 0. The van der Waals surface area contributed by atoms with E-state index in [1.165, 1.54) is 6.07 Å². The van der Waals surface area contributed by atoms with E-state index in [0.717, 1.165) is 18.6 Å². The van der Waals surface area contributed by atoms with E-state index in [1.807, 2.05) is 13.8 Å². The van der Waals surface area contributed by atoms with Crippen LogP contribution in [0, 0.1) is 11.7 Å². The fraction of sp³-hybridized carbons (Fsp3) is 0.600. The van der Waals surface area contributed by atoms with Crippen LogP contribution in [0.2, 0.25) is 0 Å². The average Bonchev–Trinajstić information content (AvgIpc) is 2.82. The number of ether oxygens (including phenoxy) is 1. The van der Waals surface area contributed by atoms with Crippen LogP contribution in [0.4, 0.5) is 17.6 Å². The van der Waals surface area contributed by atoms with E-state index in [9.17, 15) is 17.6 Å². The number of likely N-dealkylation sites (N-methyl/N-ethyl adjacent to an activating group) is 1. The van der Waals surface area contributed by atoms with E-state index in [2.05, 4.69) is 5.32 Å². The molecular formula is C15H19F4NO. The Morgan fingerprint density at radius 3 is 2.62 bits per heavy atom. The van der Waals surface area contributed by atoms with Crippen molar-refractivity contribution in [1.29, 1.82) is 0 Å². The Labute approximate surface area is 121 Å². The van der Waals surface area contributed by atoms with Gasteiger partial charge < -0.3 is 10.1 Å². The van der Waals surface area contributed by atoms with Gasteiger partial charge in [0.2, 0.25) is 0 Å². The predicted molar refractivity (Wildman–Crippen MR) is 71.3 cm³/mol. The number of hydrogen-bond acceptors (Lipinski definition) is 2. The van der Waals surface area contributed by atoms with E-state index in [1.54, 1.807) is 0 Å². The molecule has 1 aromatic rings. The molecule has 2 rings (SSSR count). The van der Waals surface area contributed by atoms with Crippen molar-refractivity contribution >= 4 is 0 Å². The van der Waals surface area contributed by atoms with E-state index in [-0.39, 0.29) is 18.1 Å². The van der Waals surface area contributed by atoms with Gasteiger partial charge in [0.15, 0.2) is 0 Å². The zero-order chi connectivity index (χ0) is 15.6. The van der Waals surface area contributed by atoms with Gasteiger partial charge in [-0.05, 0) is 36.6 Å². The zero-order valence-corrected chi connectivity index (χ0v) is 12.0. The van der Waals surface area contributed by atoms with Crippen molar-refractivity contribution in [2.45, 2.75) is 38.6 Å². The van der Waals surface area contributed by atoms with Gasteiger partial charge in [-0.1, -0.05) is 19.9 Å². The van der Waals surface area contributed by atoms with Crippen LogP contribution in [0.1, 0.15) is 37.4 Å². The highest BCUT2D eigenvalue weighted by molar-refractivity contribution is 5.30. The maximum Gasteiger partial charge on any atom is 0.419 e. The fourth-order valence-corrected chi connectivity index (χ4v) is 2.74. The van der Waals surface area contributed by atoms with E-state index >= 15 is 0 Å². The molecule has 0 bridgehead atoms. The van der Waals surface area contributed by atoms with E-state index < -0.39 is 17.6 Å². The normalized spacial score (nSPS) is 24.3. The predicted octanol–water partition coefficient (Wildman–Crippen LogP) is 3.92. The Morgan fingerprint density at radius 1 is 1.38 bits per heavy atom. The summed E-state index contributed by atoms with van der Waals surface area (Å²) in [6, 6.07) is 2.79. The summed E-state index contributed by atoms with van der Waals surface area (Å²) in [5.74, 6) is -1.00. The Kier molecular flexibility index (Phi) is 4.88. The van der Waals surface area contributed by atoms with Crippen molar-refractivity contribution in [3.8, 4) is 0 Å². The average molecular weight is 305 g/mol. The van der Waals surface area contributed by atoms with E-state index in [0.29, 0.717) is 18.7 Å². The quantitative estimate of drug-likeness (QED) is 0.851. The second kappa shape index (κ2) is 6.32. The highest BCUT2D eigenvalue weighted by Crippen LogP contribution is 2.36. The highest BCUT2D eigenvalue weighted by atomic mass is 19.4. The van der Waals surface area contributed by atoms with Gasteiger partial charge >= 0.3 is 6.18 Å². The van der Waals surface area contributed by atoms with Gasteiger partial charge in [0.1, 0.15) is 5.82 Å². The SMILES string of the molecule is CCNC(c1ccc(F)c(C(F)(F)F)c1)C1OCCC1C. The molecule has 1 heterocycles. The molecule has 0 aliphatic carbocycles. The van der Waals surface area contributed by atoms with Crippen molar-refractivity contribution in [2.24, 2.45) is 5.92 Å². The molecule has 3 atom stereocenters. The summed E-state index contributed by atoms with van der Waals surface area (Å²) in [5.41, 5.74) is -0.821. The van der Waals surface area contributed by atoms with Crippen LogP contribution in [-0.4, -0.2) is 19.3 Å². The maximum atomic E-state index is 13.4. The molecule has 1 N–H and O–H groups in total. The lowest BCUT2D eigenvalue weighted by Crippen LogP contribution is -2.35. The first-order valence-corrected chi connectivity index (χ1v) is 7.06. The highest BCUT2D eigenvalue weighted by Gasteiger charge is 2.37. The van der Waals surface area contributed by atoms with Gasteiger partial charge in [-0.3, -0.25) is 0 Å². The van der Waals surface area contributed by atoms with Crippen molar-refractivity contribution < 1.29 is 22.3 Å². The van der Waals surface area contributed by atoms with Crippen LogP contribution in [0.15, 0.2) is 18.2 Å². The molecule has 21 heavy (non-hydrogen) atoms. The molecule has 1 aliphatic rings. The maximum absolute atomic E-state index is 13.4. The van der Waals surface area contributed by atoms with Gasteiger partial charge in [0.05, 0.1) is 17.7 Å². The molecule has 0 saturated carbocycles. The summed E-state index contributed by atoms with van der Waals surface area (Å²) >= 11 is 0. The lowest BCUT2D eigenvalue weighted by Gasteiger charge is -2.28. The Balaban J connectivity index is 2.36. The van der Waals surface area contributed by atoms with Crippen LogP contribution >= 0.6 is 0 Å². The van der Waals surface area contributed by atoms with Crippen LogP contribution in [0.3, 0.4) is 0 Å². The summed E-state index contributed by atoms with van der Waals surface area (Å²) in [7, 11) is 0. The molecule has 1 fully saturated rings. The van der Waals surface area contributed by atoms with Gasteiger partial charge in [0.25, 0.3) is 0 Å². The van der Waals surface area contributed by atoms with Gasteiger partial charge in [-0.25, -0.2) is 4.39 Å². The number of rotatable bonds is 4. The summed E-state index contributed by atoms with van der Waals surface area (Å²) < 4.78 is 57.6. The third kappa shape index (κ3) is 3.55. The van der Waals surface area contributed by atoms with Crippen LogP contribution in [0.25, 0.3) is 0 Å². The molecule has 2 nitrogen and oxygen atoms in total. The topological polar surface area (TPSA) is 21.3 Å². The Morgan fingerprint density at radius 2 is 2.10 bits per heavy atom. The molecule has 0 aromatic heterocycles. The van der Waals surface area contributed by atoms with Crippen LogP contribution in [0.5, 0.6) is 0 Å². The zero-order valence-electron chi connectivity index (χ0n) is 12.0. The number of halogens is 4. The molecule has 3 unspecified atom stereocenters. The lowest BCUT2D eigenvalue weighted by molar-refractivity contribution is -0.140. The summed E-state index contributed by atoms with van der Waals surface area (Å²) in [6.45, 7) is 5.08. The van der Waals surface area contributed by atoms with Gasteiger partial charge in [0, 0.05) is 6.61 Å². The number of hydrogen-bond donors (Lipinski definition) is 1. The number of alkyl halides is 3. The van der Waals surface area contributed by atoms with Gasteiger partial charge in [-0.15, -0.1) is 0 Å². The van der Waals surface area contributed by atoms with Crippen molar-refractivity contribution in [1.82, 2.24) is 5.32 Å². The minimum Gasteiger partial charge on any atom is -0.376 e. The van der Waals surface area contributed by atoms with Crippen LogP contribution in [-0.2, 0) is 10.9 Å². The number of nitrogens with one attached hydrogen (secondary N) is 1. The van der Waals surface area contributed by atoms with Gasteiger partial charge in [-0.2, -0.15) is 13.2 Å². The van der Waals surface area contributed by atoms with E-state index in [4.69, 9.17) is 4.74 Å². The molecule has 1 saturated heterocycles. The third-order valence-electron chi connectivity index (χ3n) is 3.85. The molecule has 1 aliphatic heterocycles. The summed E-state index contributed by atoms with van der Waals surface area (Å²) in [6.07, 6.45) is -4.02. The lowest BCUT2D eigenvalue weighted by atomic mass is 9.91. The Hall–Kier alpha value is -1.14. The molecule has 6 heteroatoms. The minimum atomic E-state index is -4.70. The molecule has 0 amide bonds. The smallest absolute Gasteiger partial charge is 0.376 e. The second-order valence-electron chi connectivity index (χ2n) is 5.37. The monoisotopic (exact) mass is 305 g/mol. The molecule has 118 valence electrons. The van der Waals surface area contributed by atoms with Crippen molar-refractivity contribution in [2.75, 3.05) is 13.2 Å². The first-order valence-electron chi connectivity index (χ1n) is 7.06. The van der Waals surface area contributed by atoms with Crippen LogP contribution < -0.4 is 5.32 Å². The number of benzene rings is 1. The molecule has 0 spiro atoms. The minimum absolute atomic E-state index is 0.198. The first kappa shape index (κ1) is 16.2. The first-order chi connectivity index (χ1) is 9.84. The largest absolute Gasteiger partial charge is 0.419 e. The van der Waals surface area contributed by atoms with Crippen molar-refractivity contribution in [3.63, 3.8) is 0 Å². The third-order valence-corrected chi connectivity index (χ3v) is 3.85. The fourth-order valence-electron chi connectivity index (χ4n) is 2.74. The Bertz CT molecular complexity index is 489. The van der Waals surface area contributed by atoms with Crippen molar-refractivity contribution in [3.05, 3.63) is 35.1 Å². The molecule has 0 radical (unpaired) electrons. The summed E-state index contributed by atoms with van der Waals surface area (Å²) in [5, 5.41) is 3.15. The molecular weight excluding hydrogens is 286 g/mol. The second-order valence-corrected chi connectivity index (χ2v) is 5.37.